The number of methoxy groups -OCH3 is 2. The van der Waals surface area contributed by atoms with Gasteiger partial charge in [-0.2, -0.15) is 18.9 Å². The quantitative estimate of drug-likeness (QED) is 0.337. The van der Waals surface area contributed by atoms with Crippen molar-refractivity contribution in [3.05, 3.63) is 0 Å². The second-order valence-electron chi connectivity index (χ2n) is 3.44. The summed E-state index contributed by atoms with van der Waals surface area (Å²) in [5, 5.41) is 4.33. The largest absolute Gasteiger partial charge is 0.453 e. The number of carbonyl (C=O) groups is 3. The Kier molecular flexibility index (Phi) is 8.06. The maximum absolute atomic E-state index is 11.8. The Morgan fingerprint density at radius 3 is 1.83 bits per heavy atom. The smallest absolute Gasteiger partial charge is 0.429 e. The van der Waals surface area contributed by atoms with Crippen molar-refractivity contribution in [3.8, 4) is 0 Å². The minimum Gasteiger partial charge on any atom is -0.453 e. The third-order valence-corrected chi connectivity index (χ3v) is 2.93. The molecule has 0 radical (unpaired) electrons. The van der Waals surface area contributed by atoms with Gasteiger partial charge in [0.25, 0.3) is 5.95 Å². The lowest BCUT2D eigenvalue weighted by Crippen LogP contribution is -2.26. The number of amides is 3. The highest BCUT2D eigenvalue weighted by molar-refractivity contribution is 9.24. The second kappa shape index (κ2) is 9.53. The van der Waals surface area contributed by atoms with Crippen LogP contribution in [-0.2, 0) is 14.2 Å². The molecule has 0 spiro atoms. The van der Waals surface area contributed by atoms with Gasteiger partial charge in [0.15, 0.2) is 0 Å². The van der Waals surface area contributed by atoms with Crippen molar-refractivity contribution in [3.63, 3.8) is 0 Å². The molecule has 0 aromatic carbocycles. The first-order valence-corrected chi connectivity index (χ1v) is 8.21. The third kappa shape index (κ3) is 6.40. The minimum atomic E-state index is -0.909. The van der Waals surface area contributed by atoms with E-state index in [4.69, 9.17) is 4.74 Å². The molecule has 24 heavy (non-hydrogen) atoms. The zero-order chi connectivity index (χ0) is 18.3. The summed E-state index contributed by atoms with van der Waals surface area (Å²) >= 11 is 8.80. The van der Waals surface area contributed by atoms with E-state index in [1.807, 2.05) is 0 Å². The van der Waals surface area contributed by atoms with Crippen LogP contribution in [0.1, 0.15) is 0 Å². The topological polar surface area (TPSA) is 145 Å². The summed E-state index contributed by atoms with van der Waals surface area (Å²) < 4.78 is 13.6. The predicted molar refractivity (Wildman–Crippen MR) is 91.4 cm³/mol. The lowest BCUT2D eigenvalue weighted by molar-refractivity contribution is 0.174. The molecule has 0 saturated carbocycles. The number of aromatic nitrogens is 3. The number of alkyl halides is 2. The average molecular weight is 537 g/mol. The molecule has 15 heteroatoms. The van der Waals surface area contributed by atoms with Crippen LogP contribution in [0.2, 0.25) is 0 Å². The molecule has 0 bridgehead atoms. The average Bonchev–Trinajstić information content (AvgIpc) is 2.52. The van der Waals surface area contributed by atoms with Crippen LogP contribution in [0.3, 0.4) is 0 Å². The van der Waals surface area contributed by atoms with E-state index in [-0.39, 0.29) is 17.8 Å². The first-order valence-electron chi connectivity index (χ1n) is 5.67. The first kappa shape index (κ1) is 20.3. The summed E-state index contributed by atoms with van der Waals surface area (Å²) in [7, 11) is 2.26. The normalized spacial score (nSPS) is 9.92. The Morgan fingerprint density at radius 2 is 1.46 bits per heavy atom. The number of ether oxygens (including phenoxy) is 3. The van der Waals surface area contributed by atoms with Crippen LogP contribution < -0.4 is 14.6 Å². The number of halogens is 3. The van der Waals surface area contributed by atoms with Gasteiger partial charge in [0.2, 0.25) is 15.8 Å². The molecule has 0 atom stereocenters. The van der Waals surface area contributed by atoms with Crippen molar-refractivity contribution < 1.29 is 28.6 Å². The lowest BCUT2D eigenvalue weighted by atomic mass is 10.7. The number of hydrogen-bond acceptors (Lipinski definition) is 9. The molecule has 0 fully saturated rings. The van der Waals surface area contributed by atoms with Gasteiger partial charge < -0.3 is 14.2 Å². The van der Waals surface area contributed by atoms with Crippen molar-refractivity contribution in [1.82, 2.24) is 15.0 Å². The zero-order valence-corrected chi connectivity index (χ0v) is 16.7. The van der Waals surface area contributed by atoms with Crippen LogP contribution in [0.15, 0.2) is 0 Å². The molecule has 3 amide bonds. The maximum Gasteiger partial charge on any atom is 0.429 e. The Balaban J connectivity index is 3.14. The minimum absolute atomic E-state index is 0.298. The number of hydrogen-bond donors (Lipinski definition) is 2. The van der Waals surface area contributed by atoms with Crippen molar-refractivity contribution in [2.24, 2.45) is 0 Å². The number of nitrogens with one attached hydrogen (secondary N) is 2. The van der Waals surface area contributed by atoms with Gasteiger partial charge in [-0.15, -0.1) is 0 Å². The highest BCUT2D eigenvalue weighted by Gasteiger charge is 2.22. The summed E-state index contributed by atoms with van der Waals surface area (Å²) in [5.41, 5.74) is 0. The van der Waals surface area contributed by atoms with E-state index < -0.39 is 22.2 Å². The van der Waals surface area contributed by atoms with Crippen LogP contribution in [-0.4, -0.2) is 51.4 Å². The van der Waals surface area contributed by atoms with Gasteiger partial charge in [-0.05, 0) is 31.9 Å². The maximum atomic E-state index is 11.8. The molecule has 1 heterocycles. The molecule has 2 N–H and O–H groups in total. The van der Waals surface area contributed by atoms with Crippen molar-refractivity contribution >= 4 is 84.1 Å². The van der Waals surface area contributed by atoms with E-state index >= 15 is 0 Å². The SMILES string of the molecule is COC(=O)Nc1nc(NC(=O)OC)nc(N(Br)C(=O)OC(Br)Br)n1. The molecule has 1 aromatic heterocycles. The standard InChI is InChI=1S/C9H9Br3N6O6/c1-22-7(19)16-4-13-5(17-8(20)23-2)15-6(14-4)18(12)9(21)24-3(10)11/h3H,1-2H3,(H2,13,14,15,16,17,19,20). The molecule has 12 nitrogen and oxygen atoms in total. The van der Waals surface area contributed by atoms with Crippen molar-refractivity contribution in [2.45, 2.75) is 3.92 Å². The van der Waals surface area contributed by atoms with E-state index in [9.17, 15) is 14.4 Å². The molecule has 1 aromatic rings. The molecule has 1 rings (SSSR count). The monoisotopic (exact) mass is 534 g/mol. The zero-order valence-electron chi connectivity index (χ0n) is 11.9. The van der Waals surface area contributed by atoms with E-state index in [0.717, 1.165) is 18.1 Å². The molecule has 0 saturated heterocycles. The third-order valence-electron chi connectivity index (χ3n) is 1.95. The molecule has 0 aliphatic heterocycles. The highest BCUT2D eigenvalue weighted by Crippen LogP contribution is 2.20. The molecule has 132 valence electrons. The van der Waals surface area contributed by atoms with Gasteiger partial charge in [-0.1, -0.05) is 0 Å². The fraction of sp³-hybridized carbons (Fsp3) is 0.333. The van der Waals surface area contributed by atoms with Gasteiger partial charge in [0.1, 0.15) is 0 Å². The number of rotatable bonds is 4. The molecular weight excluding hydrogens is 528 g/mol. The number of carbonyl (C=O) groups excluding carboxylic acids is 3. The van der Waals surface area contributed by atoms with Crippen LogP contribution in [0.25, 0.3) is 0 Å². The summed E-state index contributed by atoms with van der Waals surface area (Å²) in [5.74, 6) is -0.900. The molecule has 0 aliphatic rings. The van der Waals surface area contributed by atoms with Gasteiger partial charge in [0.05, 0.1) is 30.4 Å². The van der Waals surface area contributed by atoms with E-state index in [1.54, 1.807) is 0 Å². The summed E-state index contributed by atoms with van der Waals surface area (Å²) in [4.78, 5) is 45.7. The summed E-state index contributed by atoms with van der Waals surface area (Å²) in [6, 6.07) is 0. The Bertz CT molecular complexity index is 596. The fourth-order valence-electron chi connectivity index (χ4n) is 1.05. The Morgan fingerprint density at radius 1 is 1.00 bits per heavy atom. The summed E-state index contributed by atoms with van der Waals surface area (Å²) in [6.07, 6.45) is -2.66. The molecular formula is C9H9Br3N6O6. The van der Waals surface area contributed by atoms with Gasteiger partial charge in [0, 0.05) is 0 Å². The highest BCUT2D eigenvalue weighted by atomic mass is 79.9. The second-order valence-corrected chi connectivity index (χ2v) is 7.04. The van der Waals surface area contributed by atoms with Gasteiger partial charge in [-0.3, -0.25) is 10.6 Å². The fourth-order valence-corrected chi connectivity index (χ4v) is 1.62. The molecule has 0 aliphatic carbocycles. The number of anilines is 3. The van der Waals surface area contributed by atoms with E-state index in [0.29, 0.717) is 0 Å². The van der Waals surface area contributed by atoms with E-state index in [1.165, 1.54) is 0 Å². The van der Waals surface area contributed by atoms with Crippen LogP contribution in [0.5, 0.6) is 0 Å². The van der Waals surface area contributed by atoms with E-state index in [2.05, 4.69) is 83.1 Å². The number of nitrogens with zero attached hydrogens (tertiary/aromatic N) is 4. The van der Waals surface area contributed by atoms with Crippen LogP contribution >= 0.6 is 48.0 Å². The lowest BCUT2D eigenvalue weighted by Gasteiger charge is -2.14. The van der Waals surface area contributed by atoms with Crippen molar-refractivity contribution in [1.29, 1.82) is 0 Å². The Hall–Kier alpha value is -1.74. The molecule has 0 unspecified atom stereocenters. The van der Waals surface area contributed by atoms with Crippen LogP contribution in [0.4, 0.5) is 32.2 Å². The van der Waals surface area contributed by atoms with Crippen LogP contribution in [0, 0.1) is 0 Å². The van der Waals surface area contributed by atoms with Gasteiger partial charge >= 0.3 is 18.3 Å². The van der Waals surface area contributed by atoms with Gasteiger partial charge in [-0.25, -0.2) is 14.4 Å². The summed E-state index contributed by atoms with van der Waals surface area (Å²) in [6.45, 7) is 0. The van der Waals surface area contributed by atoms with Crippen molar-refractivity contribution in [2.75, 3.05) is 28.8 Å². The predicted octanol–water partition coefficient (Wildman–Crippen LogP) is 2.55. The first-order chi connectivity index (χ1) is 11.3. The Labute approximate surface area is 160 Å².